The van der Waals surface area contributed by atoms with Gasteiger partial charge in [-0.25, -0.2) is 4.98 Å². The molecule has 33 heavy (non-hydrogen) atoms. The minimum absolute atomic E-state index is 0.129. The van der Waals surface area contributed by atoms with Crippen LogP contribution in [0.25, 0.3) is 15.9 Å². The molecular formula is C25H25N5OS2. The molecule has 6 nitrogen and oxygen atoms in total. The van der Waals surface area contributed by atoms with Gasteiger partial charge in [0, 0.05) is 22.5 Å². The molecule has 1 aliphatic heterocycles. The Hall–Kier alpha value is -2.45. The largest absolute Gasteiger partial charge is 0.308 e. The van der Waals surface area contributed by atoms with Crippen LogP contribution in [0.15, 0.2) is 29.4 Å². The molecule has 168 valence electrons. The third-order valence-electron chi connectivity index (χ3n) is 7.20. The van der Waals surface area contributed by atoms with Crippen molar-refractivity contribution in [2.24, 2.45) is 0 Å². The molecule has 7 rings (SSSR count). The number of nitrogens with zero attached hydrogens (tertiary/aromatic N) is 5. The van der Waals surface area contributed by atoms with Crippen molar-refractivity contribution in [2.75, 3.05) is 10.7 Å². The first-order valence-corrected chi connectivity index (χ1v) is 13.7. The van der Waals surface area contributed by atoms with Crippen molar-refractivity contribution < 1.29 is 4.79 Å². The number of fused-ring (bicyclic) bond motifs is 6. The zero-order valence-corrected chi connectivity index (χ0v) is 20.2. The summed E-state index contributed by atoms with van der Waals surface area (Å²) in [6.07, 6.45) is 8.01. The Morgan fingerprint density at radius 1 is 1.18 bits per heavy atom. The maximum Gasteiger partial charge on any atom is 0.237 e. The van der Waals surface area contributed by atoms with E-state index in [1.54, 1.807) is 0 Å². The van der Waals surface area contributed by atoms with Gasteiger partial charge < -0.3 is 4.90 Å². The molecule has 1 atom stereocenters. The van der Waals surface area contributed by atoms with E-state index in [0.29, 0.717) is 11.7 Å². The molecule has 4 aromatic rings. The SMILES string of the molecule is C[C@@H]1Cc2ccccc2N1C(=O)CSc1nnc2c3c4c(sc3nc(C3CC3)n12)CCCC4. The highest BCUT2D eigenvalue weighted by molar-refractivity contribution is 7.99. The summed E-state index contributed by atoms with van der Waals surface area (Å²) in [5.74, 6) is 2.04. The van der Waals surface area contributed by atoms with E-state index < -0.39 is 0 Å². The second kappa shape index (κ2) is 7.53. The molecule has 3 aromatic heterocycles. The summed E-state index contributed by atoms with van der Waals surface area (Å²) in [7, 11) is 0. The van der Waals surface area contributed by atoms with Gasteiger partial charge in [0.25, 0.3) is 0 Å². The molecule has 3 aliphatic rings. The highest BCUT2D eigenvalue weighted by atomic mass is 32.2. The molecular weight excluding hydrogens is 450 g/mol. The van der Waals surface area contributed by atoms with Gasteiger partial charge in [0.05, 0.1) is 11.1 Å². The lowest BCUT2D eigenvalue weighted by molar-refractivity contribution is -0.116. The monoisotopic (exact) mass is 475 g/mol. The lowest BCUT2D eigenvalue weighted by atomic mass is 9.97. The van der Waals surface area contributed by atoms with Gasteiger partial charge in [0.15, 0.2) is 10.8 Å². The Morgan fingerprint density at radius 2 is 2.03 bits per heavy atom. The summed E-state index contributed by atoms with van der Waals surface area (Å²) in [5, 5.41) is 11.2. The van der Waals surface area contributed by atoms with Gasteiger partial charge in [-0.05, 0) is 69.1 Å². The smallest absolute Gasteiger partial charge is 0.237 e. The maximum atomic E-state index is 13.3. The number of aryl methyl sites for hydroxylation is 2. The van der Waals surface area contributed by atoms with Crippen molar-refractivity contribution >= 4 is 50.6 Å². The van der Waals surface area contributed by atoms with Crippen LogP contribution in [0, 0.1) is 0 Å². The molecule has 2 aliphatic carbocycles. The molecule has 1 fully saturated rings. The molecule has 0 bridgehead atoms. The van der Waals surface area contributed by atoms with Crippen molar-refractivity contribution in [1.29, 1.82) is 0 Å². The van der Waals surface area contributed by atoms with E-state index in [4.69, 9.17) is 4.98 Å². The van der Waals surface area contributed by atoms with E-state index >= 15 is 0 Å². The number of carbonyl (C=O) groups is 1. The van der Waals surface area contributed by atoms with Crippen LogP contribution in [0.4, 0.5) is 5.69 Å². The zero-order valence-electron chi connectivity index (χ0n) is 18.6. The van der Waals surface area contributed by atoms with E-state index in [2.05, 4.69) is 33.7 Å². The average molecular weight is 476 g/mol. The normalized spacial score (nSPS) is 19.9. The van der Waals surface area contributed by atoms with E-state index in [9.17, 15) is 4.79 Å². The quantitative estimate of drug-likeness (QED) is 0.381. The first-order chi connectivity index (χ1) is 16.2. The lowest BCUT2D eigenvalue weighted by Gasteiger charge is -2.22. The minimum atomic E-state index is 0.129. The Morgan fingerprint density at radius 3 is 2.91 bits per heavy atom. The number of thiophene rings is 1. The number of amides is 1. The van der Waals surface area contributed by atoms with E-state index in [1.807, 2.05) is 28.4 Å². The number of para-hydroxylation sites is 1. The fourth-order valence-corrected chi connectivity index (χ4v) is 7.57. The van der Waals surface area contributed by atoms with Gasteiger partial charge in [-0.3, -0.25) is 9.20 Å². The molecule has 0 saturated heterocycles. The maximum absolute atomic E-state index is 13.3. The second-order valence-electron chi connectivity index (χ2n) is 9.51. The van der Waals surface area contributed by atoms with Crippen LogP contribution in [-0.4, -0.2) is 37.3 Å². The number of rotatable bonds is 4. The van der Waals surface area contributed by atoms with Crippen molar-refractivity contribution in [1.82, 2.24) is 19.6 Å². The molecule has 1 aromatic carbocycles. The number of hydrogen-bond acceptors (Lipinski definition) is 6. The van der Waals surface area contributed by atoms with Crippen molar-refractivity contribution in [3.8, 4) is 0 Å². The van der Waals surface area contributed by atoms with Gasteiger partial charge in [0.1, 0.15) is 10.7 Å². The topological polar surface area (TPSA) is 63.4 Å². The van der Waals surface area contributed by atoms with Gasteiger partial charge >= 0.3 is 0 Å². The number of thioether (sulfide) groups is 1. The third kappa shape index (κ3) is 3.14. The Labute approximate surface area is 200 Å². The number of anilines is 1. The number of hydrogen-bond donors (Lipinski definition) is 0. The van der Waals surface area contributed by atoms with Gasteiger partial charge in [-0.1, -0.05) is 30.0 Å². The summed E-state index contributed by atoms with van der Waals surface area (Å²) in [6, 6.07) is 8.42. The summed E-state index contributed by atoms with van der Waals surface area (Å²) in [6.45, 7) is 2.13. The zero-order chi connectivity index (χ0) is 22.1. The molecule has 1 saturated carbocycles. The Bertz CT molecular complexity index is 1420. The highest BCUT2D eigenvalue weighted by Crippen LogP contribution is 2.44. The highest BCUT2D eigenvalue weighted by Gasteiger charge is 2.33. The summed E-state index contributed by atoms with van der Waals surface area (Å²) >= 11 is 3.35. The molecule has 1 amide bonds. The Balaban J connectivity index is 1.25. The van der Waals surface area contributed by atoms with Crippen molar-refractivity contribution in [3.63, 3.8) is 0 Å². The number of benzene rings is 1. The Kier molecular flexibility index (Phi) is 4.56. The number of aromatic nitrogens is 4. The summed E-state index contributed by atoms with van der Waals surface area (Å²) < 4.78 is 2.17. The minimum Gasteiger partial charge on any atom is -0.308 e. The second-order valence-corrected chi connectivity index (χ2v) is 11.5. The molecule has 0 radical (unpaired) electrons. The average Bonchev–Trinajstić information content (AvgIpc) is 3.34. The fraction of sp³-hybridized carbons (Fsp3) is 0.440. The first-order valence-electron chi connectivity index (χ1n) is 11.9. The molecule has 4 heterocycles. The third-order valence-corrected chi connectivity index (χ3v) is 9.30. The van der Waals surface area contributed by atoms with Gasteiger partial charge in [-0.2, -0.15) is 0 Å². The van der Waals surface area contributed by atoms with Crippen LogP contribution < -0.4 is 4.90 Å². The van der Waals surface area contributed by atoms with Crippen molar-refractivity contribution in [3.05, 3.63) is 46.1 Å². The molecule has 0 unspecified atom stereocenters. The van der Waals surface area contributed by atoms with Crippen LogP contribution in [-0.2, 0) is 24.1 Å². The fourth-order valence-electron chi connectivity index (χ4n) is 5.50. The van der Waals surface area contributed by atoms with Crippen LogP contribution in [0.5, 0.6) is 0 Å². The lowest BCUT2D eigenvalue weighted by Crippen LogP contribution is -2.37. The van der Waals surface area contributed by atoms with E-state index in [-0.39, 0.29) is 11.9 Å². The van der Waals surface area contributed by atoms with Gasteiger partial charge in [-0.15, -0.1) is 21.5 Å². The standard InChI is InChI=1S/C25H25N5OS2/c1-14-12-16-6-2-4-8-18(16)29(14)20(31)13-32-25-28-27-23-21-17-7-3-5-9-19(17)33-24(21)26-22(30(23)25)15-10-11-15/h2,4,6,8,14-15H,3,5,7,9-13H2,1H3/t14-/m1/s1. The van der Waals surface area contributed by atoms with Crippen LogP contribution in [0.2, 0.25) is 0 Å². The van der Waals surface area contributed by atoms with Gasteiger partial charge in [0.2, 0.25) is 5.91 Å². The van der Waals surface area contributed by atoms with Crippen LogP contribution in [0.3, 0.4) is 0 Å². The summed E-state index contributed by atoms with van der Waals surface area (Å²) in [5.41, 5.74) is 4.68. The molecule has 0 spiro atoms. The molecule has 8 heteroatoms. The van der Waals surface area contributed by atoms with E-state index in [0.717, 1.165) is 46.4 Å². The summed E-state index contributed by atoms with van der Waals surface area (Å²) in [4.78, 5) is 23.0. The van der Waals surface area contributed by atoms with Crippen LogP contribution >= 0.6 is 23.1 Å². The number of carbonyl (C=O) groups excluding carboxylic acids is 1. The van der Waals surface area contributed by atoms with Crippen molar-refractivity contribution in [2.45, 2.75) is 69.0 Å². The first kappa shape index (κ1) is 20.0. The predicted octanol–water partition coefficient (Wildman–Crippen LogP) is 5.17. The predicted molar refractivity (Wildman–Crippen MR) is 133 cm³/mol. The molecule has 0 N–H and O–H groups in total. The van der Waals surface area contributed by atoms with Crippen LogP contribution in [0.1, 0.15) is 60.4 Å². The van der Waals surface area contributed by atoms with E-state index in [1.165, 1.54) is 58.8 Å².